The van der Waals surface area contributed by atoms with Crippen molar-refractivity contribution in [2.45, 2.75) is 44.9 Å². The monoisotopic (exact) mass is 435 g/mol. The Bertz CT molecular complexity index is 975. The number of β-amino-alcohol motifs (C(OH)–C–C–N with tert-alkyl or cyclic N) is 1. The van der Waals surface area contributed by atoms with Gasteiger partial charge in [0.05, 0.1) is 12.8 Å². The van der Waals surface area contributed by atoms with Gasteiger partial charge in [-0.2, -0.15) is 5.10 Å². The minimum Gasteiger partial charge on any atom is -0.494 e. The second-order valence-electron chi connectivity index (χ2n) is 8.77. The number of likely N-dealkylation sites (tertiary alicyclic amines) is 1. The Morgan fingerprint density at radius 3 is 2.72 bits per heavy atom. The predicted octanol–water partition coefficient (Wildman–Crippen LogP) is 4.07. The normalized spacial score (nSPS) is 19.1. The Morgan fingerprint density at radius 1 is 1.06 bits per heavy atom. The molecule has 2 heterocycles. The number of aliphatic hydroxyl groups is 1. The van der Waals surface area contributed by atoms with Crippen LogP contribution in [-0.4, -0.2) is 51.7 Å². The van der Waals surface area contributed by atoms with Gasteiger partial charge in [0.1, 0.15) is 23.7 Å². The summed E-state index contributed by atoms with van der Waals surface area (Å²) in [6.07, 6.45) is 6.55. The van der Waals surface area contributed by atoms with Crippen LogP contribution in [0.4, 0.5) is 0 Å². The molecule has 1 N–H and O–H groups in total. The van der Waals surface area contributed by atoms with Crippen molar-refractivity contribution in [2.24, 2.45) is 0 Å². The Morgan fingerprint density at radius 2 is 1.91 bits per heavy atom. The molecule has 1 unspecified atom stereocenters. The molecule has 3 aromatic rings. The molecule has 4 rings (SSSR count). The zero-order valence-electron chi connectivity index (χ0n) is 18.8. The molecule has 6 nitrogen and oxygen atoms in total. The van der Waals surface area contributed by atoms with Gasteiger partial charge in [-0.15, -0.1) is 0 Å². The third-order valence-electron chi connectivity index (χ3n) is 5.75. The lowest BCUT2D eigenvalue weighted by Gasteiger charge is -2.39. The maximum Gasteiger partial charge on any atom is 0.119 e. The van der Waals surface area contributed by atoms with Gasteiger partial charge in [0.15, 0.2) is 0 Å². The van der Waals surface area contributed by atoms with Gasteiger partial charge in [-0.25, -0.2) is 0 Å². The molecule has 170 valence electrons. The van der Waals surface area contributed by atoms with Crippen LogP contribution in [-0.2, 0) is 13.1 Å². The zero-order chi connectivity index (χ0) is 22.2. The highest BCUT2D eigenvalue weighted by atomic mass is 16.5. The van der Waals surface area contributed by atoms with E-state index in [1.54, 1.807) is 0 Å². The minimum atomic E-state index is -0.826. The van der Waals surface area contributed by atoms with E-state index in [-0.39, 0.29) is 0 Å². The smallest absolute Gasteiger partial charge is 0.119 e. The molecule has 1 fully saturated rings. The lowest BCUT2D eigenvalue weighted by molar-refractivity contribution is -0.0621. The summed E-state index contributed by atoms with van der Waals surface area (Å²) in [5, 5.41) is 15.4. The summed E-state index contributed by atoms with van der Waals surface area (Å²) in [7, 11) is 0. The minimum absolute atomic E-state index is 0.312. The van der Waals surface area contributed by atoms with Crippen LogP contribution in [0.2, 0.25) is 0 Å². The number of benzene rings is 2. The third kappa shape index (κ3) is 6.58. The van der Waals surface area contributed by atoms with Crippen molar-refractivity contribution in [3.8, 4) is 11.5 Å². The molecule has 0 saturated carbocycles. The second kappa shape index (κ2) is 10.7. The molecular weight excluding hydrogens is 402 g/mol. The summed E-state index contributed by atoms with van der Waals surface area (Å²) in [5.41, 5.74) is 1.54. The van der Waals surface area contributed by atoms with Gasteiger partial charge in [0, 0.05) is 32.3 Å². The molecule has 0 amide bonds. The first-order chi connectivity index (χ1) is 15.6. The van der Waals surface area contributed by atoms with Crippen LogP contribution in [0.15, 0.2) is 67.0 Å². The number of nitrogens with zero attached hydrogens (tertiary/aromatic N) is 3. The van der Waals surface area contributed by atoms with Gasteiger partial charge < -0.3 is 14.6 Å². The summed E-state index contributed by atoms with van der Waals surface area (Å²) in [5.74, 6) is 1.68. The lowest BCUT2D eigenvalue weighted by atomic mass is 9.93. The standard InChI is InChI=1S/C26H33N3O3/c1-22-17-27-29(18-22)14-7-15-31-25-11-5-8-23(16-25)19-28-13-6-12-26(30,20-28)21-32-24-9-3-2-4-10-24/h2-5,8-11,16-18,30H,6-7,12-15,19-21H2,1H3. The summed E-state index contributed by atoms with van der Waals surface area (Å²) in [6, 6.07) is 18.0. The molecule has 0 aliphatic carbocycles. The molecule has 32 heavy (non-hydrogen) atoms. The van der Waals surface area contributed by atoms with E-state index in [1.807, 2.05) is 66.5 Å². The number of para-hydroxylation sites is 1. The largest absolute Gasteiger partial charge is 0.494 e. The van der Waals surface area contributed by atoms with Crippen LogP contribution < -0.4 is 9.47 Å². The number of piperidine rings is 1. The summed E-state index contributed by atoms with van der Waals surface area (Å²) in [4.78, 5) is 2.30. The molecule has 6 heteroatoms. The second-order valence-corrected chi connectivity index (χ2v) is 8.77. The quantitative estimate of drug-likeness (QED) is 0.487. The van der Waals surface area contributed by atoms with Crippen molar-refractivity contribution in [3.63, 3.8) is 0 Å². The third-order valence-corrected chi connectivity index (χ3v) is 5.75. The van der Waals surface area contributed by atoms with Gasteiger partial charge in [-0.1, -0.05) is 30.3 Å². The van der Waals surface area contributed by atoms with Crippen molar-refractivity contribution >= 4 is 0 Å². The molecule has 1 aromatic heterocycles. The average molecular weight is 436 g/mol. The fourth-order valence-corrected chi connectivity index (χ4v) is 4.19. The first-order valence-corrected chi connectivity index (χ1v) is 11.4. The topological polar surface area (TPSA) is 59.8 Å². The molecule has 0 spiro atoms. The van der Waals surface area contributed by atoms with Crippen LogP contribution in [0.1, 0.15) is 30.4 Å². The summed E-state index contributed by atoms with van der Waals surface area (Å²) in [6.45, 7) is 6.23. The number of ether oxygens (including phenoxy) is 2. The van der Waals surface area contributed by atoms with Crippen LogP contribution >= 0.6 is 0 Å². The number of hydrogen-bond donors (Lipinski definition) is 1. The van der Waals surface area contributed by atoms with Gasteiger partial charge >= 0.3 is 0 Å². The first-order valence-electron chi connectivity index (χ1n) is 11.4. The number of rotatable bonds is 10. The molecular formula is C26H33N3O3. The zero-order valence-corrected chi connectivity index (χ0v) is 18.8. The highest BCUT2D eigenvalue weighted by Gasteiger charge is 2.34. The molecule has 0 radical (unpaired) electrons. The molecule has 1 aliphatic rings. The maximum absolute atomic E-state index is 11.1. The SMILES string of the molecule is Cc1cnn(CCCOc2cccc(CN3CCCC(O)(COc4ccccc4)C3)c2)c1. The first kappa shape index (κ1) is 22.4. The highest BCUT2D eigenvalue weighted by Crippen LogP contribution is 2.25. The van der Waals surface area contributed by atoms with E-state index < -0.39 is 5.60 Å². The van der Waals surface area contributed by atoms with Gasteiger partial charge in [0.25, 0.3) is 0 Å². The number of aromatic nitrogens is 2. The molecule has 1 aliphatic heterocycles. The van der Waals surface area contributed by atoms with Crippen molar-refractivity contribution in [3.05, 3.63) is 78.1 Å². The fraction of sp³-hybridized carbons (Fsp3) is 0.423. The van der Waals surface area contributed by atoms with E-state index in [0.29, 0.717) is 19.8 Å². The molecule has 1 atom stereocenters. The molecule has 0 bridgehead atoms. The Balaban J connectivity index is 1.25. The lowest BCUT2D eigenvalue weighted by Crippen LogP contribution is -2.51. The van der Waals surface area contributed by atoms with Crippen molar-refractivity contribution < 1.29 is 14.6 Å². The number of aryl methyl sites for hydroxylation is 2. The number of hydrogen-bond acceptors (Lipinski definition) is 5. The van der Waals surface area contributed by atoms with Gasteiger partial charge in [-0.3, -0.25) is 9.58 Å². The fourth-order valence-electron chi connectivity index (χ4n) is 4.19. The average Bonchev–Trinajstić information content (AvgIpc) is 3.21. The van der Waals surface area contributed by atoms with E-state index in [0.717, 1.165) is 50.4 Å². The molecule has 1 saturated heterocycles. The van der Waals surface area contributed by atoms with E-state index in [9.17, 15) is 5.11 Å². The van der Waals surface area contributed by atoms with E-state index >= 15 is 0 Å². The Labute approximate surface area is 190 Å². The van der Waals surface area contributed by atoms with E-state index in [2.05, 4.69) is 22.1 Å². The molecule has 2 aromatic carbocycles. The van der Waals surface area contributed by atoms with Gasteiger partial charge in [-0.05, 0) is 61.7 Å². The van der Waals surface area contributed by atoms with E-state index in [1.165, 1.54) is 11.1 Å². The highest BCUT2D eigenvalue weighted by molar-refractivity contribution is 5.28. The van der Waals surface area contributed by atoms with Crippen LogP contribution in [0.25, 0.3) is 0 Å². The summed E-state index contributed by atoms with van der Waals surface area (Å²) >= 11 is 0. The maximum atomic E-state index is 11.1. The van der Waals surface area contributed by atoms with Crippen molar-refractivity contribution in [2.75, 3.05) is 26.3 Å². The van der Waals surface area contributed by atoms with Crippen LogP contribution in [0, 0.1) is 6.92 Å². The van der Waals surface area contributed by atoms with Crippen LogP contribution in [0.3, 0.4) is 0 Å². The van der Waals surface area contributed by atoms with Crippen molar-refractivity contribution in [1.29, 1.82) is 0 Å². The predicted molar refractivity (Wildman–Crippen MR) is 125 cm³/mol. The van der Waals surface area contributed by atoms with Gasteiger partial charge in [0.2, 0.25) is 0 Å². The summed E-state index contributed by atoms with van der Waals surface area (Å²) < 4.78 is 13.8. The Kier molecular flexibility index (Phi) is 7.45. The Hall–Kier alpha value is -2.83. The van der Waals surface area contributed by atoms with E-state index in [4.69, 9.17) is 9.47 Å². The van der Waals surface area contributed by atoms with Crippen LogP contribution in [0.5, 0.6) is 11.5 Å². The van der Waals surface area contributed by atoms with Crippen molar-refractivity contribution in [1.82, 2.24) is 14.7 Å².